The molecule has 6 heteroatoms. The zero-order chi connectivity index (χ0) is 14.5. The molecule has 0 unspecified atom stereocenters. The molecule has 0 aliphatic rings. The summed E-state index contributed by atoms with van der Waals surface area (Å²) in [6.45, 7) is 0.160. The second kappa shape index (κ2) is 6.49. The molecular formula is C14H12BrNO4. The normalized spacial score (nSPS) is 10.3. The van der Waals surface area contributed by atoms with Crippen LogP contribution in [-0.4, -0.2) is 10.0 Å². The number of ether oxygens (including phenoxy) is 1. The van der Waals surface area contributed by atoms with E-state index in [-0.39, 0.29) is 18.9 Å². The van der Waals surface area contributed by atoms with Gasteiger partial charge in [-0.2, -0.15) is 0 Å². The molecule has 2 aromatic carbocycles. The molecule has 0 saturated heterocycles. The Kier molecular flexibility index (Phi) is 4.70. The summed E-state index contributed by atoms with van der Waals surface area (Å²) in [5.41, 5.74) is 1.52. The molecule has 2 rings (SSSR count). The zero-order valence-electron chi connectivity index (χ0n) is 10.5. The fourth-order valence-electron chi connectivity index (χ4n) is 1.70. The molecule has 0 amide bonds. The molecule has 0 spiro atoms. The Morgan fingerprint density at radius 3 is 2.60 bits per heavy atom. The van der Waals surface area contributed by atoms with Crippen LogP contribution in [0, 0.1) is 10.1 Å². The summed E-state index contributed by atoms with van der Waals surface area (Å²) in [6, 6.07) is 11.7. The van der Waals surface area contributed by atoms with Crippen molar-refractivity contribution in [2.24, 2.45) is 0 Å². The lowest BCUT2D eigenvalue weighted by Gasteiger charge is -2.10. The number of hydrogen-bond donors (Lipinski definition) is 1. The standard InChI is InChI=1S/C14H12BrNO4/c15-13-7-12(16(18)19)6-5-11(13)9-20-14-4-2-1-3-10(14)8-17/h1-7,17H,8-9H2. The first-order chi connectivity index (χ1) is 9.61. The maximum Gasteiger partial charge on any atom is 0.270 e. The topological polar surface area (TPSA) is 72.6 Å². The summed E-state index contributed by atoms with van der Waals surface area (Å²) < 4.78 is 6.25. The number of nitro groups is 1. The summed E-state index contributed by atoms with van der Waals surface area (Å²) >= 11 is 3.29. The Morgan fingerprint density at radius 2 is 1.95 bits per heavy atom. The number of aliphatic hydroxyl groups excluding tert-OH is 1. The third-order valence-electron chi connectivity index (χ3n) is 2.77. The smallest absolute Gasteiger partial charge is 0.270 e. The summed E-state index contributed by atoms with van der Waals surface area (Å²) in [5, 5.41) is 19.9. The Hall–Kier alpha value is -1.92. The molecule has 0 heterocycles. The van der Waals surface area contributed by atoms with Gasteiger partial charge in [0.2, 0.25) is 0 Å². The first kappa shape index (κ1) is 14.5. The van der Waals surface area contributed by atoms with E-state index in [1.807, 2.05) is 12.1 Å². The number of hydrogen-bond acceptors (Lipinski definition) is 4. The van der Waals surface area contributed by atoms with E-state index in [2.05, 4.69) is 15.9 Å². The fraction of sp³-hybridized carbons (Fsp3) is 0.143. The van der Waals surface area contributed by atoms with Crippen LogP contribution >= 0.6 is 15.9 Å². The van der Waals surface area contributed by atoms with Crippen LogP contribution in [0.5, 0.6) is 5.75 Å². The minimum absolute atomic E-state index is 0.0244. The molecule has 0 aromatic heterocycles. The Bertz CT molecular complexity index is 630. The van der Waals surface area contributed by atoms with Crippen molar-refractivity contribution < 1.29 is 14.8 Å². The quantitative estimate of drug-likeness (QED) is 0.670. The van der Waals surface area contributed by atoms with E-state index in [9.17, 15) is 15.2 Å². The maximum atomic E-state index is 10.7. The van der Waals surface area contributed by atoms with E-state index < -0.39 is 4.92 Å². The predicted molar refractivity (Wildman–Crippen MR) is 77.5 cm³/mol. The van der Waals surface area contributed by atoms with E-state index >= 15 is 0 Å². The second-order valence-electron chi connectivity index (χ2n) is 4.09. The minimum Gasteiger partial charge on any atom is -0.488 e. The first-order valence-corrected chi connectivity index (χ1v) is 6.65. The average Bonchev–Trinajstić information content (AvgIpc) is 2.46. The van der Waals surface area contributed by atoms with Crippen molar-refractivity contribution in [2.75, 3.05) is 0 Å². The van der Waals surface area contributed by atoms with Gasteiger partial charge in [-0.1, -0.05) is 34.1 Å². The highest BCUT2D eigenvalue weighted by molar-refractivity contribution is 9.10. The van der Waals surface area contributed by atoms with Crippen molar-refractivity contribution in [3.05, 3.63) is 68.2 Å². The SMILES string of the molecule is O=[N+]([O-])c1ccc(COc2ccccc2CO)c(Br)c1. The van der Waals surface area contributed by atoms with Crippen LogP contribution in [0.15, 0.2) is 46.9 Å². The minimum atomic E-state index is -0.448. The molecule has 0 radical (unpaired) electrons. The summed E-state index contributed by atoms with van der Waals surface area (Å²) in [7, 11) is 0. The molecule has 0 bridgehead atoms. The number of rotatable bonds is 5. The Labute approximate surface area is 124 Å². The van der Waals surface area contributed by atoms with Gasteiger partial charge in [-0.3, -0.25) is 10.1 Å². The number of non-ortho nitro benzene ring substituents is 1. The van der Waals surface area contributed by atoms with E-state index in [4.69, 9.17) is 4.74 Å². The Morgan fingerprint density at radius 1 is 1.20 bits per heavy atom. The van der Waals surface area contributed by atoms with Gasteiger partial charge in [-0.15, -0.1) is 0 Å². The second-order valence-corrected chi connectivity index (χ2v) is 4.94. The fourth-order valence-corrected chi connectivity index (χ4v) is 2.18. The van der Waals surface area contributed by atoms with Gasteiger partial charge in [0, 0.05) is 27.7 Å². The molecule has 0 aliphatic carbocycles. The summed E-state index contributed by atoms with van der Waals surface area (Å²) in [6.07, 6.45) is 0. The lowest BCUT2D eigenvalue weighted by Crippen LogP contribution is -2.00. The number of benzene rings is 2. The van der Waals surface area contributed by atoms with Crippen molar-refractivity contribution in [2.45, 2.75) is 13.2 Å². The predicted octanol–water partition coefficient (Wildman–Crippen LogP) is 3.43. The lowest BCUT2D eigenvalue weighted by atomic mass is 10.2. The first-order valence-electron chi connectivity index (χ1n) is 5.86. The van der Waals surface area contributed by atoms with Gasteiger partial charge in [0.15, 0.2) is 0 Å². The van der Waals surface area contributed by atoms with Gasteiger partial charge in [-0.05, 0) is 12.1 Å². The van der Waals surface area contributed by atoms with Gasteiger partial charge < -0.3 is 9.84 Å². The van der Waals surface area contributed by atoms with Gasteiger partial charge in [0.25, 0.3) is 5.69 Å². The molecule has 104 valence electrons. The number of aliphatic hydroxyl groups is 1. The van der Waals surface area contributed by atoms with Crippen molar-refractivity contribution >= 4 is 21.6 Å². The summed E-state index contributed by atoms with van der Waals surface area (Å²) in [4.78, 5) is 10.2. The van der Waals surface area contributed by atoms with Crippen LogP contribution in [0.3, 0.4) is 0 Å². The molecule has 0 atom stereocenters. The highest BCUT2D eigenvalue weighted by Crippen LogP contribution is 2.25. The van der Waals surface area contributed by atoms with E-state index in [1.54, 1.807) is 18.2 Å². The third-order valence-corrected chi connectivity index (χ3v) is 3.51. The Balaban J connectivity index is 2.13. The largest absolute Gasteiger partial charge is 0.488 e. The third kappa shape index (κ3) is 3.34. The van der Waals surface area contributed by atoms with Gasteiger partial charge >= 0.3 is 0 Å². The van der Waals surface area contributed by atoms with Gasteiger partial charge in [-0.25, -0.2) is 0 Å². The van der Waals surface area contributed by atoms with Crippen LogP contribution in [0.1, 0.15) is 11.1 Å². The monoisotopic (exact) mass is 337 g/mol. The molecule has 20 heavy (non-hydrogen) atoms. The van der Waals surface area contributed by atoms with E-state index in [1.165, 1.54) is 12.1 Å². The van der Waals surface area contributed by atoms with Crippen molar-refractivity contribution in [3.8, 4) is 5.75 Å². The van der Waals surface area contributed by atoms with Gasteiger partial charge in [0.1, 0.15) is 12.4 Å². The summed E-state index contributed by atoms with van der Waals surface area (Å²) in [5.74, 6) is 0.597. The molecule has 0 aliphatic heterocycles. The van der Waals surface area contributed by atoms with Gasteiger partial charge in [0.05, 0.1) is 11.5 Å². The number of nitrogens with zero attached hydrogens (tertiary/aromatic N) is 1. The number of nitro benzene ring substituents is 1. The van der Waals surface area contributed by atoms with Crippen molar-refractivity contribution in [1.29, 1.82) is 0 Å². The van der Waals surface area contributed by atoms with Crippen molar-refractivity contribution in [1.82, 2.24) is 0 Å². The van der Waals surface area contributed by atoms with Crippen LogP contribution in [0.2, 0.25) is 0 Å². The van der Waals surface area contributed by atoms with Crippen LogP contribution in [0.4, 0.5) is 5.69 Å². The highest BCUT2D eigenvalue weighted by atomic mass is 79.9. The molecular weight excluding hydrogens is 326 g/mol. The molecule has 2 aromatic rings. The highest BCUT2D eigenvalue weighted by Gasteiger charge is 2.10. The zero-order valence-corrected chi connectivity index (χ0v) is 12.0. The lowest BCUT2D eigenvalue weighted by molar-refractivity contribution is -0.384. The van der Waals surface area contributed by atoms with Crippen LogP contribution in [-0.2, 0) is 13.2 Å². The van der Waals surface area contributed by atoms with Crippen LogP contribution in [0.25, 0.3) is 0 Å². The van der Waals surface area contributed by atoms with E-state index in [0.717, 1.165) is 5.56 Å². The van der Waals surface area contributed by atoms with E-state index in [0.29, 0.717) is 15.8 Å². The number of para-hydroxylation sites is 1. The molecule has 0 fully saturated rings. The maximum absolute atomic E-state index is 10.7. The van der Waals surface area contributed by atoms with Crippen molar-refractivity contribution in [3.63, 3.8) is 0 Å². The van der Waals surface area contributed by atoms with Crippen LogP contribution < -0.4 is 4.74 Å². The molecule has 0 saturated carbocycles. The number of halogens is 1. The average molecular weight is 338 g/mol. The molecule has 1 N–H and O–H groups in total. The molecule has 5 nitrogen and oxygen atoms in total.